The maximum Gasteiger partial charge on any atom is 0.266 e. The lowest BCUT2D eigenvalue weighted by molar-refractivity contribution is 0.467. The van der Waals surface area contributed by atoms with Crippen LogP contribution >= 0.6 is 23.4 Å². The third-order valence-corrected chi connectivity index (χ3v) is 4.68. The number of halogens is 1. The van der Waals surface area contributed by atoms with Crippen molar-refractivity contribution in [3.05, 3.63) is 63.4 Å². The molecule has 0 saturated heterocycles. The van der Waals surface area contributed by atoms with Crippen molar-refractivity contribution in [1.82, 2.24) is 4.98 Å². The van der Waals surface area contributed by atoms with Crippen LogP contribution in [-0.2, 0) is 0 Å². The van der Waals surface area contributed by atoms with Gasteiger partial charge < -0.3 is 10.1 Å². The molecule has 0 aliphatic rings. The Morgan fingerprint density at radius 3 is 2.43 bits per heavy atom. The molecule has 0 aliphatic carbocycles. The van der Waals surface area contributed by atoms with Gasteiger partial charge in [0.15, 0.2) is 0 Å². The molecular weight excluding hydrogens is 330 g/mol. The molecule has 0 aliphatic heterocycles. The third-order valence-electron chi connectivity index (χ3n) is 3.19. The van der Waals surface area contributed by atoms with Crippen molar-refractivity contribution in [3.63, 3.8) is 0 Å². The molecule has 3 nitrogen and oxygen atoms in total. The van der Waals surface area contributed by atoms with Gasteiger partial charge in [0.1, 0.15) is 10.6 Å². The number of nitrogens with one attached hydrogen (secondary N) is 1. The second kappa shape index (κ2) is 7.57. The van der Waals surface area contributed by atoms with Gasteiger partial charge in [-0.1, -0.05) is 55.4 Å². The highest BCUT2D eigenvalue weighted by Crippen LogP contribution is 2.36. The number of H-pyrrole nitrogens is 1. The molecule has 3 rings (SSSR count). The standard InChI is InChI=1S/C16H12ClNO2S.C2H6/c1-9-7-11-13(8-12(9)17)18-16(20)15(14(11)19)21-10-5-3-2-4-6-10;1-2/h2-8H,1H3,(H2,18,19,20);1-2H3. The maximum absolute atomic E-state index is 12.2. The minimum Gasteiger partial charge on any atom is -0.506 e. The summed E-state index contributed by atoms with van der Waals surface area (Å²) in [6, 6.07) is 12.9. The van der Waals surface area contributed by atoms with Crippen LogP contribution < -0.4 is 5.56 Å². The molecule has 23 heavy (non-hydrogen) atoms. The Balaban J connectivity index is 0.000000924. The van der Waals surface area contributed by atoms with E-state index in [1.807, 2.05) is 51.1 Å². The summed E-state index contributed by atoms with van der Waals surface area (Å²) in [4.78, 5) is 16.1. The van der Waals surface area contributed by atoms with Crippen LogP contribution in [0.25, 0.3) is 10.9 Å². The van der Waals surface area contributed by atoms with E-state index < -0.39 is 0 Å². The first-order valence-electron chi connectivity index (χ1n) is 7.34. The van der Waals surface area contributed by atoms with Gasteiger partial charge in [-0.2, -0.15) is 0 Å². The number of benzene rings is 2. The monoisotopic (exact) mass is 347 g/mol. The van der Waals surface area contributed by atoms with Gasteiger partial charge in [0.05, 0.1) is 5.52 Å². The van der Waals surface area contributed by atoms with Crippen LogP contribution in [-0.4, -0.2) is 10.1 Å². The van der Waals surface area contributed by atoms with Crippen molar-refractivity contribution in [3.8, 4) is 5.75 Å². The number of aryl methyl sites for hydroxylation is 1. The zero-order valence-electron chi connectivity index (χ0n) is 13.2. The van der Waals surface area contributed by atoms with Crippen molar-refractivity contribution >= 4 is 34.3 Å². The van der Waals surface area contributed by atoms with Crippen molar-refractivity contribution in [1.29, 1.82) is 0 Å². The average Bonchev–Trinajstić information content (AvgIpc) is 2.57. The highest BCUT2D eigenvalue weighted by molar-refractivity contribution is 7.99. The molecule has 0 atom stereocenters. The van der Waals surface area contributed by atoms with Gasteiger partial charge in [0.2, 0.25) is 0 Å². The lowest BCUT2D eigenvalue weighted by atomic mass is 10.1. The number of fused-ring (bicyclic) bond motifs is 1. The smallest absolute Gasteiger partial charge is 0.266 e. The lowest BCUT2D eigenvalue weighted by Gasteiger charge is -2.09. The molecule has 0 radical (unpaired) electrons. The van der Waals surface area contributed by atoms with Gasteiger partial charge >= 0.3 is 0 Å². The van der Waals surface area contributed by atoms with Crippen molar-refractivity contribution in [2.45, 2.75) is 30.6 Å². The van der Waals surface area contributed by atoms with E-state index in [-0.39, 0.29) is 16.2 Å². The van der Waals surface area contributed by atoms with Gasteiger partial charge in [-0.15, -0.1) is 0 Å². The fraction of sp³-hybridized carbons (Fsp3) is 0.167. The van der Waals surface area contributed by atoms with Crippen LogP contribution in [0.15, 0.2) is 57.1 Å². The molecule has 0 spiro atoms. The van der Waals surface area contributed by atoms with Gasteiger partial charge in [-0.3, -0.25) is 4.79 Å². The summed E-state index contributed by atoms with van der Waals surface area (Å²) >= 11 is 7.29. The Hall–Kier alpha value is -1.91. The van der Waals surface area contributed by atoms with E-state index >= 15 is 0 Å². The van der Waals surface area contributed by atoms with Gasteiger partial charge in [-0.25, -0.2) is 0 Å². The molecule has 2 aromatic carbocycles. The Labute approximate surface area is 144 Å². The number of aromatic hydroxyl groups is 1. The Morgan fingerprint density at radius 1 is 1.13 bits per heavy atom. The van der Waals surface area contributed by atoms with Crippen LogP contribution in [0.4, 0.5) is 0 Å². The molecular formula is C18H18ClNO2S. The van der Waals surface area contributed by atoms with Crippen LogP contribution in [0.5, 0.6) is 5.75 Å². The summed E-state index contributed by atoms with van der Waals surface area (Å²) < 4.78 is 0. The zero-order chi connectivity index (χ0) is 17.0. The van der Waals surface area contributed by atoms with Gasteiger partial charge in [0, 0.05) is 15.3 Å². The molecule has 2 N–H and O–H groups in total. The summed E-state index contributed by atoms with van der Waals surface area (Å²) in [7, 11) is 0. The summed E-state index contributed by atoms with van der Waals surface area (Å²) in [5.41, 5.74) is 1.06. The molecule has 0 unspecified atom stereocenters. The normalized spacial score (nSPS) is 10.3. The molecule has 1 heterocycles. The van der Waals surface area contributed by atoms with E-state index in [1.54, 1.807) is 12.1 Å². The zero-order valence-corrected chi connectivity index (χ0v) is 14.8. The maximum atomic E-state index is 12.2. The lowest BCUT2D eigenvalue weighted by Crippen LogP contribution is -2.08. The molecule has 120 valence electrons. The van der Waals surface area contributed by atoms with Crippen molar-refractivity contribution < 1.29 is 5.11 Å². The predicted molar refractivity (Wildman–Crippen MR) is 97.9 cm³/mol. The minimum absolute atomic E-state index is 0.0117. The van der Waals surface area contributed by atoms with Crippen molar-refractivity contribution in [2.24, 2.45) is 0 Å². The summed E-state index contributed by atoms with van der Waals surface area (Å²) in [6.07, 6.45) is 0. The number of pyridine rings is 1. The van der Waals surface area contributed by atoms with Crippen LogP contribution in [0.1, 0.15) is 19.4 Å². The Kier molecular flexibility index (Phi) is 5.74. The van der Waals surface area contributed by atoms with Crippen molar-refractivity contribution in [2.75, 3.05) is 0 Å². The van der Waals surface area contributed by atoms with E-state index in [4.69, 9.17) is 11.6 Å². The van der Waals surface area contributed by atoms with Crippen LogP contribution in [0.2, 0.25) is 5.02 Å². The first-order valence-corrected chi connectivity index (χ1v) is 8.53. The first kappa shape index (κ1) is 17.4. The molecule has 1 aromatic heterocycles. The average molecular weight is 348 g/mol. The SMILES string of the molecule is CC.Cc1cc2c(O)c(Sc3ccccc3)c(=O)[nH]c2cc1Cl. The van der Waals surface area contributed by atoms with Crippen LogP contribution in [0.3, 0.4) is 0 Å². The number of aromatic nitrogens is 1. The molecule has 5 heteroatoms. The Morgan fingerprint density at radius 2 is 1.78 bits per heavy atom. The van der Waals surface area contributed by atoms with Gasteiger partial charge in [-0.05, 0) is 36.8 Å². The highest BCUT2D eigenvalue weighted by atomic mass is 35.5. The van der Waals surface area contributed by atoms with E-state index in [1.165, 1.54) is 11.8 Å². The number of hydrogen-bond acceptors (Lipinski definition) is 3. The fourth-order valence-corrected chi connectivity index (χ4v) is 3.13. The molecule has 0 amide bonds. The van der Waals surface area contributed by atoms with E-state index in [9.17, 15) is 9.90 Å². The van der Waals surface area contributed by atoms with E-state index in [2.05, 4.69) is 4.98 Å². The third kappa shape index (κ3) is 3.71. The molecule has 3 aromatic rings. The van der Waals surface area contributed by atoms with Gasteiger partial charge in [0.25, 0.3) is 5.56 Å². The molecule has 0 fully saturated rings. The minimum atomic E-state index is -0.325. The largest absolute Gasteiger partial charge is 0.506 e. The molecule has 0 saturated carbocycles. The second-order valence-corrected chi connectivity index (χ2v) is 6.18. The highest BCUT2D eigenvalue weighted by Gasteiger charge is 2.14. The van der Waals surface area contributed by atoms with E-state index in [0.717, 1.165) is 10.5 Å². The number of rotatable bonds is 2. The summed E-state index contributed by atoms with van der Waals surface area (Å²) in [6.45, 7) is 5.86. The topological polar surface area (TPSA) is 53.1 Å². The quantitative estimate of drug-likeness (QED) is 0.655. The fourth-order valence-electron chi connectivity index (χ4n) is 2.09. The second-order valence-electron chi connectivity index (χ2n) is 4.69. The summed E-state index contributed by atoms with van der Waals surface area (Å²) in [5.74, 6) is -0.0117. The number of aromatic amines is 1. The first-order chi connectivity index (χ1) is 11.1. The Bertz CT molecular complexity index is 876. The summed E-state index contributed by atoms with van der Waals surface area (Å²) in [5, 5.41) is 11.6. The molecule has 0 bridgehead atoms. The van der Waals surface area contributed by atoms with E-state index in [0.29, 0.717) is 15.9 Å². The number of hydrogen-bond donors (Lipinski definition) is 2. The predicted octanol–water partition coefficient (Wildman–Crippen LogP) is 5.37. The van der Waals surface area contributed by atoms with Crippen LogP contribution in [0, 0.1) is 6.92 Å².